The number of carbonyl (C=O) groups is 1. The standard InChI is InChI=1S/C27H37F3N6O4S.CH4/c1-35-12-10-19(11-13-35)32-25(37)18-8-9-21(24(15-18)40-3)33-26-31-16-20(27(28,29)30)22(34-26)14-17-6-5-7-23(17)36(2)41(4,38)39;/h8-9,15-17,19,23H,5-7,10-14H2,1-4H3,(H,32,37)(H,31,33,34);1H4/t17-,23+;/m0./s1. The maximum absolute atomic E-state index is 13.9. The number of halogens is 3. The number of methoxy groups -OCH3 is 1. The van der Waals surface area contributed by atoms with Gasteiger partial charge in [-0.05, 0) is 76.4 Å². The zero-order chi connectivity index (χ0) is 29.9. The SMILES string of the molecule is C.COc1cc(C(=O)NC2CCN(C)CC2)ccc1Nc1ncc(C(F)(F)F)c(C[C@@H]2CCC[C@H]2N(C)S(C)(=O)=O)n1. The van der Waals surface area contributed by atoms with Gasteiger partial charge in [0.2, 0.25) is 16.0 Å². The van der Waals surface area contributed by atoms with Crippen LogP contribution in [0.5, 0.6) is 5.75 Å². The van der Waals surface area contributed by atoms with Gasteiger partial charge in [-0.15, -0.1) is 0 Å². The lowest BCUT2D eigenvalue weighted by atomic mass is 9.95. The number of benzene rings is 1. The Morgan fingerprint density at radius 2 is 1.88 bits per heavy atom. The first kappa shape index (κ1) is 33.5. The number of carbonyl (C=O) groups excluding carboxylic acids is 1. The van der Waals surface area contributed by atoms with E-state index in [1.165, 1.54) is 18.5 Å². The van der Waals surface area contributed by atoms with Crippen LogP contribution in [0, 0.1) is 5.92 Å². The Balaban J connectivity index is 0.00000484. The average molecular weight is 615 g/mol. The van der Waals surface area contributed by atoms with Gasteiger partial charge in [-0.2, -0.15) is 13.2 Å². The molecular weight excluding hydrogens is 573 g/mol. The highest BCUT2D eigenvalue weighted by atomic mass is 32.2. The predicted molar refractivity (Wildman–Crippen MR) is 155 cm³/mol. The van der Waals surface area contributed by atoms with Crippen LogP contribution in [-0.4, -0.2) is 86.1 Å². The highest BCUT2D eigenvalue weighted by molar-refractivity contribution is 7.88. The molecule has 2 aliphatic rings. The Morgan fingerprint density at radius 3 is 2.50 bits per heavy atom. The van der Waals surface area contributed by atoms with E-state index in [-0.39, 0.29) is 43.4 Å². The van der Waals surface area contributed by atoms with E-state index in [0.717, 1.165) is 38.4 Å². The topological polar surface area (TPSA) is 117 Å². The largest absolute Gasteiger partial charge is 0.495 e. The van der Waals surface area contributed by atoms with Crippen molar-refractivity contribution in [1.29, 1.82) is 0 Å². The van der Waals surface area contributed by atoms with Gasteiger partial charge in [-0.1, -0.05) is 13.8 Å². The van der Waals surface area contributed by atoms with E-state index in [1.807, 2.05) is 7.05 Å². The van der Waals surface area contributed by atoms with Crippen LogP contribution in [0.2, 0.25) is 0 Å². The van der Waals surface area contributed by atoms with Gasteiger partial charge in [0.05, 0.1) is 30.3 Å². The molecule has 1 aromatic heterocycles. The van der Waals surface area contributed by atoms with Gasteiger partial charge in [-0.25, -0.2) is 22.7 Å². The average Bonchev–Trinajstić information content (AvgIpc) is 3.36. The van der Waals surface area contributed by atoms with Crippen LogP contribution in [-0.2, 0) is 22.6 Å². The number of hydrogen-bond donors (Lipinski definition) is 2. The van der Waals surface area contributed by atoms with Gasteiger partial charge in [0.25, 0.3) is 5.91 Å². The minimum Gasteiger partial charge on any atom is -0.495 e. The van der Waals surface area contributed by atoms with Crippen LogP contribution in [0.4, 0.5) is 24.8 Å². The first-order valence-electron chi connectivity index (χ1n) is 13.6. The van der Waals surface area contributed by atoms with Crippen molar-refractivity contribution < 1.29 is 31.1 Å². The summed E-state index contributed by atoms with van der Waals surface area (Å²) in [5.74, 6) is -0.323. The molecule has 2 atom stereocenters. The highest BCUT2D eigenvalue weighted by Crippen LogP contribution is 2.38. The van der Waals surface area contributed by atoms with Crippen molar-refractivity contribution in [3.05, 3.63) is 41.2 Å². The molecule has 0 radical (unpaired) electrons. The molecule has 2 heterocycles. The second-order valence-electron chi connectivity index (χ2n) is 10.9. The third-order valence-corrected chi connectivity index (χ3v) is 9.32. The van der Waals surface area contributed by atoms with Gasteiger partial charge in [0.15, 0.2) is 0 Å². The number of ether oxygens (including phenoxy) is 1. The predicted octanol–water partition coefficient (Wildman–Crippen LogP) is 4.31. The van der Waals surface area contributed by atoms with Crippen LogP contribution in [0.25, 0.3) is 0 Å². The lowest BCUT2D eigenvalue weighted by molar-refractivity contribution is -0.138. The number of amides is 1. The number of sulfonamides is 1. The summed E-state index contributed by atoms with van der Waals surface area (Å²) in [6, 6.07) is 4.42. The summed E-state index contributed by atoms with van der Waals surface area (Å²) >= 11 is 0. The molecule has 0 spiro atoms. The van der Waals surface area contributed by atoms with E-state index < -0.39 is 27.8 Å². The van der Waals surface area contributed by atoms with Crippen LogP contribution in [0.15, 0.2) is 24.4 Å². The van der Waals surface area contributed by atoms with Crippen molar-refractivity contribution >= 4 is 27.6 Å². The van der Waals surface area contributed by atoms with Gasteiger partial charge in [0.1, 0.15) is 5.75 Å². The number of aromatic nitrogens is 2. The van der Waals surface area contributed by atoms with Crippen LogP contribution in [0.1, 0.15) is 61.1 Å². The van der Waals surface area contributed by atoms with Crippen molar-refractivity contribution in [2.24, 2.45) is 5.92 Å². The van der Waals surface area contributed by atoms with Crippen LogP contribution < -0.4 is 15.4 Å². The quantitative estimate of drug-likeness (QED) is 0.429. The minimum absolute atomic E-state index is 0. The Labute approximate surface area is 246 Å². The lowest BCUT2D eigenvalue weighted by Crippen LogP contribution is -2.43. The Bertz CT molecular complexity index is 1350. The molecule has 2 fully saturated rings. The first-order valence-corrected chi connectivity index (χ1v) is 15.4. The smallest absolute Gasteiger partial charge is 0.419 e. The number of nitrogens with one attached hydrogen (secondary N) is 2. The number of likely N-dealkylation sites (tertiary alicyclic amines) is 1. The zero-order valence-corrected chi connectivity index (χ0v) is 24.5. The van der Waals surface area contributed by atoms with Gasteiger partial charge in [0, 0.05) is 30.9 Å². The molecule has 10 nitrogen and oxygen atoms in total. The van der Waals surface area contributed by atoms with Gasteiger partial charge in [-0.3, -0.25) is 4.79 Å². The van der Waals surface area contributed by atoms with Crippen molar-refractivity contribution in [3.63, 3.8) is 0 Å². The molecule has 0 bridgehead atoms. The molecule has 1 aliphatic heterocycles. The Kier molecular flexibility index (Phi) is 10.8. The molecule has 4 rings (SSSR count). The number of rotatable bonds is 9. The number of hydrogen-bond acceptors (Lipinski definition) is 8. The maximum atomic E-state index is 13.9. The van der Waals surface area contributed by atoms with Crippen LogP contribution in [0.3, 0.4) is 0 Å². The molecule has 1 amide bonds. The molecule has 42 heavy (non-hydrogen) atoms. The van der Waals surface area contributed by atoms with Crippen molar-refractivity contribution in [1.82, 2.24) is 24.5 Å². The third kappa shape index (κ3) is 8.10. The molecule has 0 unspecified atom stereocenters. The second-order valence-corrected chi connectivity index (χ2v) is 12.9. The van der Waals surface area contributed by atoms with E-state index in [9.17, 15) is 26.4 Å². The van der Waals surface area contributed by atoms with Gasteiger partial charge >= 0.3 is 6.18 Å². The number of piperidine rings is 1. The highest BCUT2D eigenvalue weighted by Gasteiger charge is 2.39. The summed E-state index contributed by atoms with van der Waals surface area (Å²) in [4.78, 5) is 23.2. The molecule has 1 saturated carbocycles. The number of nitrogens with zero attached hydrogens (tertiary/aromatic N) is 4. The molecule has 2 N–H and O–H groups in total. The first-order chi connectivity index (χ1) is 19.3. The Morgan fingerprint density at radius 1 is 1.19 bits per heavy atom. The Hall–Kier alpha value is -2.97. The maximum Gasteiger partial charge on any atom is 0.419 e. The summed E-state index contributed by atoms with van der Waals surface area (Å²) in [7, 11) is 1.42. The molecule has 1 saturated heterocycles. The lowest BCUT2D eigenvalue weighted by Gasteiger charge is -2.29. The summed E-state index contributed by atoms with van der Waals surface area (Å²) < 4.78 is 72.6. The third-order valence-electron chi connectivity index (χ3n) is 8.00. The van der Waals surface area contributed by atoms with Crippen molar-refractivity contribution in [2.45, 2.75) is 64.2 Å². The number of alkyl halides is 3. The fourth-order valence-electron chi connectivity index (χ4n) is 5.58. The van der Waals surface area contributed by atoms with E-state index in [4.69, 9.17) is 4.74 Å². The molecule has 1 aromatic carbocycles. The normalized spacial score (nSPS) is 20.3. The van der Waals surface area contributed by atoms with Crippen molar-refractivity contribution in [2.75, 3.05) is 45.9 Å². The summed E-state index contributed by atoms with van der Waals surface area (Å²) in [5, 5.41) is 5.96. The van der Waals surface area contributed by atoms with E-state index in [0.29, 0.717) is 36.3 Å². The van der Waals surface area contributed by atoms with Crippen molar-refractivity contribution in [3.8, 4) is 5.75 Å². The van der Waals surface area contributed by atoms with Crippen LogP contribution >= 0.6 is 0 Å². The van der Waals surface area contributed by atoms with E-state index >= 15 is 0 Å². The fraction of sp³-hybridized carbons (Fsp3) is 0.607. The fourth-order valence-corrected chi connectivity index (χ4v) is 6.35. The summed E-state index contributed by atoms with van der Waals surface area (Å²) in [6.07, 6.45) is 0.691. The zero-order valence-electron chi connectivity index (χ0n) is 23.7. The molecular formula is C28H41F3N6O4S. The molecule has 2 aromatic rings. The summed E-state index contributed by atoms with van der Waals surface area (Å²) in [5.41, 5.74) is -0.391. The molecule has 234 valence electrons. The van der Waals surface area contributed by atoms with Gasteiger partial charge < -0.3 is 20.3 Å². The van der Waals surface area contributed by atoms with E-state index in [2.05, 4.69) is 25.5 Å². The summed E-state index contributed by atoms with van der Waals surface area (Å²) in [6.45, 7) is 1.81. The monoisotopic (exact) mass is 614 g/mol. The molecule has 14 heteroatoms. The van der Waals surface area contributed by atoms with E-state index in [1.54, 1.807) is 18.2 Å². The second kappa shape index (κ2) is 13.6. The minimum atomic E-state index is -4.68. The number of anilines is 2. The molecule has 1 aliphatic carbocycles.